The fraction of sp³-hybridized carbons (Fsp3) is 0.410. The van der Waals surface area contributed by atoms with Crippen molar-refractivity contribution in [1.29, 1.82) is 4.78 Å². The summed E-state index contributed by atoms with van der Waals surface area (Å²) in [6, 6.07) is 14.5. The average molecular weight is 796 g/mol. The molecule has 6 N–H and O–H groups in total. The molecule has 0 fully saturated rings. The molecule has 5 atom stereocenters. The zero-order valence-electron chi connectivity index (χ0n) is 32.7. The monoisotopic (exact) mass is 795 g/mol. The maximum Gasteiger partial charge on any atom is 0.251 e. The maximum atomic E-state index is 14.0. The highest BCUT2D eigenvalue weighted by atomic mass is 35.5. The van der Waals surface area contributed by atoms with Gasteiger partial charge < -0.3 is 26.6 Å². The van der Waals surface area contributed by atoms with Crippen molar-refractivity contribution >= 4 is 51.0 Å². The normalized spacial score (nSPS) is 14.7. The summed E-state index contributed by atoms with van der Waals surface area (Å²) >= 11 is 6.18. The molecule has 0 aliphatic carbocycles. The summed E-state index contributed by atoms with van der Waals surface area (Å²) in [6.07, 6.45) is 5.81. The summed E-state index contributed by atoms with van der Waals surface area (Å²) in [5.74, 6) is -1.86. The fourth-order valence-corrected chi connectivity index (χ4v) is 6.45. The van der Waals surface area contributed by atoms with Crippen LogP contribution >= 0.6 is 11.6 Å². The quantitative estimate of drug-likeness (QED) is 0.0979. The molecular weight excluding hydrogens is 742 g/mol. The van der Waals surface area contributed by atoms with Crippen LogP contribution in [0.2, 0.25) is 5.02 Å². The molecule has 2 aromatic carbocycles. The standard InChI is InChI=1S/C39H54ClN9O5S/c1-9-42-39(53)35(25(2)3)47-36(50)27(5)44-24-33(18-13-17-32-16-10-11-19-43-32)46-38(52)30-20-29(22-34(23-30)49(8)55(41,54)48(6)7)37(51)45-26(4)28-14-12-15-31(40)21-28/h10-16,18-23,25-27,33,35,41,44H,9,17,24H2,1-8H3,(H,42,53)(H,45,51)(H,46,52)(H,47,50)/b18-13+/t26-,27+,33?,35+,55?/m1/s1. The number of anilines is 1. The van der Waals surface area contributed by atoms with E-state index in [0.29, 0.717) is 18.0 Å². The lowest BCUT2D eigenvalue weighted by molar-refractivity contribution is -0.130. The van der Waals surface area contributed by atoms with E-state index in [1.54, 1.807) is 44.3 Å². The summed E-state index contributed by atoms with van der Waals surface area (Å²) < 4.78 is 24.3. The van der Waals surface area contributed by atoms with Gasteiger partial charge in [-0.25, -0.2) is 13.3 Å². The number of aromatic nitrogens is 1. The minimum absolute atomic E-state index is 0.0782. The first-order chi connectivity index (χ1) is 25.9. The summed E-state index contributed by atoms with van der Waals surface area (Å²) in [5.41, 5.74) is 1.98. The number of hydrogen-bond acceptors (Lipinski definition) is 8. The van der Waals surface area contributed by atoms with Gasteiger partial charge in [-0.2, -0.15) is 0 Å². The van der Waals surface area contributed by atoms with Gasteiger partial charge in [0.05, 0.1) is 23.8 Å². The SMILES string of the molecule is CCNC(=O)[C@@H](NC(=O)[C@H](C)NCC(/C=C/Cc1ccccn1)NC(=O)c1cc(C(=O)N[C@H](C)c2cccc(Cl)c2)cc(N(C)S(=N)(=O)N(C)C)c1)C(C)C. The van der Waals surface area contributed by atoms with Crippen LogP contribution in [0.4, 0.5) is 5.69 Å². The highest BCUT2D eigenvalue weighted by Crippen LogP contribution is 2.24. The third-order valence-electron chi connectivity index (χ3n) is 8.74. The molecule has 0 spiro atoms. The van der Waals surface area contributed by atoms with E-state index >= 15 is 0 Å². The van der Waals surface area contributed by atoms with E-state index in [0.717, 1.165) is 11.3 Å². The van der Waals surface area contributed by atoms with Gasteiger partial charge in [0.2, 0.25) is 11.8 Å². The van der Waals surface area contributed by atoms with E-state index in [1.807, 2.05) is 51.1 Å². The van der Waals surface area contributed by atoms with E-state index in [9.17, 15) is 23.4 Å². The summed E-state index contributed by atoms with van der Waals surface area (Å²) in [6.45, 7) is 9.53. The van der Waals surface area contributed by atoms with Gasteiger partial charge in [-0.3, -0.25) is 28.5 Å². The predicted octanol–water partition coefficient (Wildman–Crippen LogP) is 4.25. The topological polar surface area (TPSA) is 189 Å². The molecule has 1 heterocycles. The second kappa shape index (κ2) is 20.7. The van der Waals surface area contributed by atoms with Crippen LogP contribution < -0.4 is 30.9 Å². The second-order valence-electron chi connectivity index (χ2n) is 13.6. The molecule has 55 heavy (non-hydrogen) atoms. The van der Waals surface area contributed by atoms with Crippen molar-refractivity contribution in [3.63, 3.8) is 0 Å². The third-order valence-corrected chi connectivity index (χ3v) is 10.9. The van der Waals surface area contributed by atoms with Crippen LogP contribution in [0.1, 0.15) is 72.6 Å². The van der Waals surface area contributed by atoms with E-state index < -0.39 is 46.1 Å². The molecule has 0 radical (unpaired) electrons. The first-order valence-electron chi connectivity index (χ1n) is 18.0. The third kappa shape index (κ3) is 13.2. The minimum Gasteiger partial charge on any atom is -0.355 e. The molecule has 2 unspecified atom stereocenters. The zero-order valence-corrected chi connectivity index (χ0v) is 34.3. The Kier molecular flexibility index (Phi) is 16.8. The van der Waals surface area contributed by atoms with Crippen LogP contribution in [0, 0.1) is 10.7 Å². The Balaban J connectivity index is 1.93. The van der Waals surface area contributed by atoms with Crippen molar-refractivity contribution in [3.05, 3.63) is 106 Å². The molecule has 0 aliphatic heterocycles. The average Bonchev–Trinajstić information content (AvgIpc) is 3.15. The lowest BCUT2D eigenvalue weighted by Gasteiger charge is -2.27. The molecule has 298 valence electrons. The van der Waals surface area contributed by atoms with Gasteiger partial charge in [0.15, 0.2) is 10.1 Å². The van der Waals surface area contributed by atoms with Crippen molar-refractivity contribution in [1.82, 2.24) is 35.9 Å². The number of rotatable bonds is 19. The van der Waals surface area contributed by atoms with Gasteiger partial charge in [0.1, 0.15) is 6.04 Å². The fourth-order valence-electron chi connectivity index (χ4n) is 5.37. The smallest absolute Gasteiger partial charge is 0.251 e. The van der Waals surface area contributed by atoms with Crippen LogP contribution in [0.15, 0.2) is 79.0 Å². The molecule has 0 saturated heterocycles. The van der Waals surface area contributed by atoms with Gasteiger partial charge in [-0.1, -0.05) is 55.8 Å². The molecule has 3 aromatic rings. The zero-order chi connectivity index (χ0) is 40.9. The summed E-state index contributed by atoms with van der Waals surface area (Å²) in [5, 5.41) is 15.2. The number of carbonyl (C=O) groups is 4. The number of likely N-dealkylation sites (N-methyl/N-ethyl adjacent to an activating group) is 1. The van der Waals surface area contributed by atoms with Gasteiger partial charge in [0, 0.05) is 68.7 Å². The number of pyridine rings is 1. The number of carbonyl (C=O) groups excluding carboxylic acids is 4. The van der Waals surface area contributed by atoms with Crippen LogP contribution in [-0.2, 0) is 26.1 Å². The highest BCUT2D eigenvalue weighted by Gasteiger charge is 2.27. The van der Waals surface area contributed by atoms with E-state index in [2.05, 4.69) is 31.6 Å². The minimum atomic E-state index is -3.50. The van der Waals surface area contributed by atoms with E-state index in [1.165, 1.54) is 48.0 Å². The predicted molar refractivity (Wildman–Crippen MR) is 218 cm³/mol. The van der Waals surface area contributed by atoms with Gasteiger partial charge in [0.25, 0.3) is 11.8 Å². The number of nitrogens with one attached hydrogen (secondary N) is 6. The molecule has 4 amide bonds. The number of nitrogens with zero attached hydrogens (tertiary/aromatic N) is 3. The number of allylic oxidation sites excluding steroid dienone is 1. The number of halogens is 1. The Labute approximate surface area is 330 Å². The Morgan fingerprint density at radius 3 is 2.15 bits per heavy atom. The van der Waals surface area contributed by atoms with Crippen LogP contribution in [0.25, 0.3) is 0 Å². The number of amides is 4. The summed E-state index contributed by atoms with van der Waals surface area (Å²) in [4.78, 5) is 57.8. The maximum absolute atomic E-state index is 14.0. The van der Waals surface area contributed by atoms with Gasteiger partial charge in [-0.15, -0.1) is 0 Å². The Morgan fingerprint density at radius 1 is 0.891 bits per heavy atom. The lowest BCUT2D eigenvalue weighted by Crippen LogP contribution is -2.55. The number of benzene rings is 2. The molecule has 3 rings (SSSR count). The lowest BCUT2D eigenvalue weighted by atomic mass is 10.0. The van der Waals surface area contributed by atoms with Crippen LogP contribution in [-0.4, -0.2) is 89.5 Å². The van der Waals surface area contributed by atoms with Crippen molar-refractivity contribution in [2.24, 2.45) is 5.92 Å². The van der Waals surface area contributed by atoms with E-state index in [4.69, 9.17) is 16.4 Å². The van der Waals surface area contributed by atoms with Crippen molar-refractivity contribution < 1.29 is 23.4 Å². The molecule has 0 aliphatic rings. The Bertz CT molecular complexity index is 1930. The van der Waals surface area contributed by atoms with Crippen molar-refractivity contribution in [2.45, 2.75) is 65.2 Å². The van der Waals surface area contributed by atoms with Crippen LogP contribution in [0.5, 0.6) is 0 Å². The Hall–Kier alpha value is -4.83. The highest BCUT2D eigenvalue weighted by molar-refractivity contribution is 7.91. The molecule has 0 bridgehead atoms. The van der Waals surface area contributed by atoms with Gasteiger partial charge in [-0.05, 0) is 74.7 Å². The molecule has 16 heteroatoms. The molecular formula is C39H54ClN9O5S. The van der Waals surface area contributed by atoms with E-state index in [-0.39, 0.29) is 41.1 Å². The summed E-state index contributed by atoms with van der Waals surface area (Å²) in [7, 11) is 0.962. The largest absolute Gasteiger partial charge is 0.355 e. The van der Waals surface area contributed by atoms with Crippen molar-refractivity contribution in [2.75, 3.05) is 38.5 Å². The molecule has 0 saturated carbocycles. The van der Waals surface area contributed by atoms with Crippen molar-refractivity contribution in [3.8, 4) is 0 Å². The molecule has 14 nitrogen and oxygen atoms in total. The van der Waals surface area contributed by atoms with Crippen LogP contribution in [0.3, 0.4) is 0 Å². The Morgan fingerprint density at radius 2 is 1.56 bits per heavy atom. The molecule has 1 aromatic heterocycles. The first kappa shape index (κ1) is 44.6. The van der Waals surface area contributed by atoms with Gasteiger partial charge >= 0.3 is 0 Å². The number of hydrogen-bond donors (Lipinski definition) is 6. The first-order valence-corrected chi connectivity index (χ1v) is 19.9. The second-order valence-corrected chi connectivity index (χ2v) is 16.3.